The molecule has 118 valence electrons. The summed E-state index contributed by atoms with van der Waals surface area (Å²) in [6, 6.07) is 9.49. The van der Waals surface area contributed by atoms with Crippen molar-refractivity contribution in [1.29, 1.82) is 0 Å². The van der Waals surface area contributed by atoms with Gasteiger partial charge < -0.3 is 9.47 Å². The summed E-state index contributed by atoms with van der Waals surface area (Å²) < 4.78 is 11.8. The van der Waals surface area contributed by atoms with E-state index in [-0.39, 0.29) is 18.5 Å². The third-order valence-corrected chi connectivity index (χ3v) is 3.61. The number of hydrogen-bond donors (Lipinski definition) is 1. The molecule has 0 bridgehead atoms. The van der Waals surface area contributed by atoms with E-state index in [0.29, 0.717) is 11.3 Å². The molecule has 8 heteroatoms. The van der Waals surface area contributed by atoms with Crippen LogP contribution in [0.25, 0.3) is 0 Å². The molecular weight excluding hydrogens is 352 g/mol. The standard InChI is InChI=1S/C14H17BrN4O3/c1-21-12(20)11(16-8-10-6-4-3-5-7-10)9-19-13(15)17-14(18-19)22-2/h3-7,11,16H,8-9H2,1-2H3. The molecule has 0 aliphatic heterocycles. The third-order valence-electron chi connectivity index (χ3n) is 3.03. The highest BCUT2D eigenvalue weighted by Crippen LogP contribution is 2.12. The number of ether oxygens (including phenoxy) is 2. The molecule has 2 rings (SSSR count). The third kappa shape index (κ3) is 4.28. The number of esters is 1. The normalized spacial score (nSPS) is 12.0. The Balaban J connectivity index is 2.05. The van der Waals surface area contributed by atoms with Crippen molar-refractivity contribution in [2.24, 2.45) is 0 Å². The Morgan fingerprint density at radius 3 is 2.68 bits per heavy atom. The van der Waals surface area contributed by atoms with Gasteiger partial charge in [0.2, 0.25) is 0 Å². The molecule has 2 aromatic rings. The van der Waals surface area contributed by atoms with Gasteiger partial charge in [-0.3, -0.25) is 10.1 Å². The lowest BCUT2D eigenvalue weighted by Gasteiger charge is -2.16. The Kier molecular flexibility index (Phi) is 5.91. The van der Waals surface area contributed by atoms with Gasteiger partial charge in [-0.1, -0.05) is 30.3 Å². The number of hydrogen-bond acceptors (Lipinski definition) is 6. The highest BCUT2D eigenvalue weighted by atomic mass is 79.9. The van der Waals surface area contributed by atoms with Crippen LogP contribution in [0.5, 0.6) is 6.01 Å². The van der Waals surface area contributed by atoms with Crippen molar-refractivity contribution in [1.82, 2.24) is 20.1 Å². The molecule has 0 saturated heterocycles. The van der Waals surface area contributed by atoms with Crippen molar-refractivity contribution in [2.75, 3.05) is 14.2 Å². The molecule has 0 amide bonds. The maximum absolute atomic E-state index is 11.9. The van der Waals surface area contributed by atoms with Crippen LogP contribution in [-0.4, -0.2) is 41.0 Å². The SMILES string of the molecule is COC(=O)C(Cn1nc(OC)nc1Br)NCc1ccccc1. The van der Waals surface area contributed by atoms with Crippen molar-refractivity contribution in [3.8, 4) is 6.01 Å². The van der Waals surface area contributed by atoms with E-state index in [9.17, 15) is 4.79 Å². The van der Waals surface area contributed by atoms with Crippen LogP contribution < -0.4 is 10.1 Å². The van der Waals surface area contributed by atoms with E-state index >= 15 is 0 Å². The molecule has 0 spiro atoms. The number of halogens is 1. The molecule has 1 aromatic heterocycles. The fraction of sp³-hybridized carbons (Fsp3) is 0.357. The molecule has 0 fully saturated rings. The van der Waals surface area contributed by atoms with Crippen LogP contribution in [-0.2, 0) is 22.6 Å². The molecule has 1 N–H and O–H groups in total. The second kappa shape index (κ2) is 7.90. The molecule has 1 heterocycles. The Bertz CT molecular complexity index is 618. The van der Waals surface area contributed by atoms with Gasteiger partial charge in [-0.15, -0.1) is 5.10 Å². The minimum atomic E-state index is -0.548. The van der Waals surface area contributed by atoms with Gasteiger partial charge in [0.05, 0.1) is 20.8 Å². The van der Waals surface area contributed by atoms with Crippen LogP contribution >= 0.6 is 15.9 Å². The lowest BCUT2D eigenvalue weighted by Crippen LogP contribution is -2.41. The minimum absolute atomic E-state index is 0.235. The first-order chi connectivity index (χ1) is 10.6. The number of nitrogens with one attached hydrogen (secondary N) is 1. The summed E-state index contributed by atoms with van der Waals surface area (Å²) in [4.78, 5) is 16.0. The zero-order valence-electron chi connectivity index (χ0n) is 12.3. The molecule has 1 atom stereocenters. The summed E-state index contributed by atoms with van der Waals surface area (Å²) in [6.45, 7) is 0.820. The zero-order chi connectivity index (χ0) is 15.9. The molecule has 22 heavy (non-hydrogen) atoms. The predicted molar refractivity (Wildman–Crippen MR) is 83.4 cm³/mol. The quantitative estimate of drug-likeness (QED) is 0.743. The van der Waals surface area contributed by atoms with Crippen LogP contribution in [0.1, 0.15) is 5.56 Å². The van der Waals surface area contributed by atoms with Gasteiger partial charge in [0.15, 0.2) is 4.73 Å². The first-order valence-electron chi connectivity index (χ1n) is 6.63. The first kappa shape index (κ1) is 16.4. The van der Waals surface area contributed by atoms with Crippen LogP contribution in [0.15, 0.2) is 35.1 Å². The van der Waals surface area contributed by atoms with Crippen LogP contribution in [0, 0.1) is 0 Å². The Labute approximate surface area is 136 Å². The molecular formula is C14H17BrN4O3. The number of carbonyl (C=O) groups excluding carboxylic acids is 1. The summed E-state index contributed by atoms with van der Waals surface area (Å²) in [5.74, 6) is -0.364. The Hall–Kier alpha value is -1.93. The fourth-order valence-electron chi connectivity index (χ4n) is 1.88. The van der Waals surface area contributed by atoms with E-state index in [1.807, 2.05) is 30.3 Å². The highest BCUT2D eigenvalue weighted by Gasteiger charge is 2.21. The number of methoxy groups -OCH3 is 2. The van der Waals surface area contributed by atoms with Crippen LogP contribution in [0.2, 0.25) is 0 Å². The second-order valence-electron chi connectivity index (χ2n) is 4.49. The molecule has 1 unspecified atom stereocenters. The van der Waals surface area contributed by atoms with Crippen molar-refractivity contribution in [2.45, 2.75) is 19.1 Å². The average Bonchev–Trinajstić information content (AvgIpc) is 2.91. The monoisotopic (exact) mass is 368 g/mol. The lowest BCUT2D eigenvalue weighted by atomic mass is 10.2. The number of nitrogens with zero attached hydrogens (tertiary/aromatic N) is 3. The van der Waals surface area contributed by atoms with Gasteiger partial charge >= 0.3 is 12.0 Å². The number of aromatic nitrogens is 3. The van der Waals surface area contributed by atoms with E-state index in [2.05, 4.69) is 31.3 Å². The summed E-state index contributed by atoms with van der Waals surface area (Å²) in [5.41, 5.74) is 1.08. The second-order valence-corrected chi connectivity index (χ2v) is 5.20. The summed E-state index contributed by atoms with van der Waals surface area (Å²) in [7, 11) is 2.84. The van der Waals surface area contributed by atoms with Gasteiger partial charge in [-0.2, -0.15) is 4.98 Å². The van der Waals surface area contributed by atoms with Gasteiger partial charge in [0, 0.05) is 6.54 Å². The van der Waals surface area contributed by atoms with E-state index in [1.54, 1.807) is 4.68 Å². The zero-order valence-corrected chi connectivity index (χ0v) is 13.9. The maximum Gasteiger partial charge on any atom is 0.336 e. The Morgan fingerprint density at radius 1 is 1.36 bits per heavy atom. The number of benzene rings is 1. The van der Waals surface area contributed by atoms with E-state index in [1.165, 1.54) is 14.2 Å². The van der Waals surface area contributed by atoms with E-state index in [4.69, 9.17) is 9.47 Å². The maximum atomic E-state index is 11.9. The van der Waals surface area contributed by atoms with E-state index < -0.39 is 6.04 Å². The smallest absolute Gasteiger partial charge is 0.336 e. The number of carbonyl (C=O) groups is 1. The molecule has 0 saturated carbocycles. The van der Waals surface area contributed by atoms with Gasteiger partial charge in [-0.25, -0.2) is 4.68 Å². The Morgan fingerprint density at radius 2 is 2.09 bits per heavy atom. The molecule has 0 aliphatic rings. The predicted octanol–water partition coefficient (Wildman–Crippen LogP) is 1.38. The van der Waals surface area contributed by atoms with Crippen LogP contribution in [0.4, 0.5) is 0 Å². The van der Waals surface area contributed by atoms with Crippen molar-refractivity contribution < 1.29 is 14.3 Å². The highest BCUT2D eigenvalue weighted by molar-refractivity contribution is 9.10. The van der Waals surface area contributed by atoms with Crippen molar-refractivity contribution in [3.63, 3.8) is 0 Å². The molecule has 0 aliphatic carbocycles. The molecule has 0 radical (unpaired) electrons. The summed E-state index contributed by atoms with van der Waals surface area (Å²) in [5, 5.41) is 7.29. The van der Waals surface area contributed by atoms with E-state index in [0.717, 1.165) is 5.56 Å². The number of rotatable bonds is 7. The van der Waals surface area contributed by atoms with Gasteiger partial charge in [0.1, 0.15) is 6.04 Å². The lowest BCUT2D eigenvalue weighted by molar-refractivity contribution is -0.143. The summed E-state index contributed by atoms with van der Waals surface area (Å²) >= 11 is 3.28. The van der Waals surface area contributed by atoms with Crippen LogP contribution in [0.3, 0.4) is 0 Å². The topological polar surface area (TPSA) is 78.3 Å². The molecule has 7 nitrogen and oxygen atoms in total. The molecule has 1 aromatic carbocycles. The first-order valence-corrected chi connectivity index (χ1v) is 7.42. The fourth-order valence-corrected chi connectivity index (χ4v) is 2.26. The average molecular weight is 369 g/mol. The minimum Gasteiger partial charge on any atom is -0.468 e. The van der Waals surface area contributed by atoms with Crippen molar-refractivity contribution in [3.05, 3.63) is 40.6 Å². The van der Waals surface area contributed by atoms with Crippen molar-refractivity contribution >= 4 is 21.9 Å². The largest absolute Gasteiger partial charge is 0.468 e. The van der Waals surface area contributed by atoms with Gasteiger partial charge in [0.25, 0.3) is 0 Å². The summed E-state index contributed by atoms with van der Waals surface area (Å²) in [6.07, 6.45) is 0. The van der Waals surface area contributed by atoms with Gasteiger partial charge in [-0.05, 0) is 21.5 Å².